The minimum atomic E-state index is -1.40. The largest absolute Gasteiger partial charge is 0.493 e. The summed E-state index contributed by atoms with van der Waals surface area (Å²) in [7, 11) is 3.05. The van der Waals surface area contributed by atoms with Crippen molar-refractivity contribution in [3.05, 3.63) is 82.9 Å². The Hall–Kier alpha value is -3.55. The van der Waals surface area contributed by atoms with Gasteiger partial charge in [0, 0.05) is 23.1 Å². The fourth-order valence-corrected chi connectivity index (χ4v) is 4.59. The number of fused-ring (bicyclic) bond motifs is 1. The van der Waals surface area contributed by atoms with Crippen LogP contribution in [0.25, 0.3) is 0 Å². The molecule has 1 spiro atoms. The molecule has 0 aliphatic carbocycles. The van der Waals surface area contributed by atoms with Gasteiger partial charge in [-0.3, -0.25) is 4.79 Å². The van der Waals surface area contributed by atoms with Crippen molar-refractivity contribution < 1.29 is 19.4 Å². The number of rotatable bonds is 4. The number of methoxy groups -OCH3 is 2. The topological polar surface area (TPSA) is 83.4 Å². The third-order valence-corrected chi connectivity index (χ3v) is 6.41. The van der Waals surface area contributed by atoms with Crippen LogP contribution in [0.4, 0.5) is 11.4 Å². The molecule has 0 unspecified atom stereocenters. The zero-order chi connectivity index (χ0) is 23.2. The highest BCUT2D eigenvalue weighted by molar-refractivity contribution is 6.30. The lowest BCUT2D eigenvalue weighted by Gasteiger charge is -2.43. The standard InChI is InChI=1S/C25H22ClN3O4/c1-32-21-12-18-19(13-22(21)33-2)27-24(31)25(23(18)30)14-20(15-6-4-3-5-7-15)28-29(25)17-10-8-16(26)9-11-17/h3-13,23,30H,14H2,1-2H3,(H,27,31)/t23-,25-/m1/s1. The van der Waals surface area contributed by atoms with Gasteiger partial charge in [0.05, 0.1) is 31.3 Å². The number of ether oxygens (including phenoxy) is 2. The Morgan fingerprint density at radius 2 is 1.73 bits per heavy atom. The van der Waals surface area contributed by atoms with Crippen LogP contribution in [-0.4, -0.2) is 36.5 Å². The maximum absolute atomic E-state index is 13.7. The summed E-state index contributed by atoms with van der Waals surface area (Å²) in [5.41, 5.74) is 1.82. The molecule has 0 saturated carbocycles. The van der Waals surface area contributed by atoms with Gasteiger partial charge >= 0.3 is 0 Å². The number of hydrogen-bond acceptors (Lipinski definition) is 6. The van der Waals surface area contributed by atoms with Crippen molar-refractivity contribution in [2.24, 2.45) is 5.10 Å². The maximum Gasteiger partial charge on any atom is 0.255 e. The van der Waals surface area contributed by atoms with Gasteiger partial charge in [0.15, 0.2) is 17.0 Å². The molecule has 0 aromatic heterocycles. The molecule has 0 bridgehead atoms. The lowest BCUT2D eigenvalue weighted by molar-refractivity contribution is -0.125. The molecule has 33 heavy (non-hydrogen) atoms. The molecule has 8 heteroatoms. The average Bonchev–Trinajstić information content (AvgIpc) is 3.25. The molecular formula is C25H22ClN3O4. The molecule has 2 atom stereocenters. The molecule has 1 amide bonds. The van der Waals surface area contributed by atoms with Crippen molar-refractivity contribution in [3.63, 3.8) is 0 Å². The molecule has 3 aromatic carbocycles. The van der Waals surface area contributed by atoms with E-state index in [4.69, 9.17) is 26.2 Å². The number of benzene rings is 3. The van der Waals surface area contributed by atoms with Crippen LogP contribution in [0.15, 0.2) is 71.8 Å². The second-order valence-corrected chi connectivity index (χ2v) is 8.39. The first-order valence-corrected chi connectivity index (χ1v) is 10.8. The van der Waals surface area contributed by atoms with Crippen molar-refractivity contribution in [1.29, 1.82) is 0 Å². The smallest absolute Gasteiger partial charge is 0.255 e. The molecule has 2 N–H and O–H groups in total. The van der Waals surface area contributed by atoms with Gasteiger partial charge in [0.2, 0.25) is 0 Å². The van der Waals surface area contributed by atoms with E-state index in [2.05, 4.69) is 5.32 Å². The highest BCUT2D eigenvalue weighted by Gasteiger charge is 2.58. The number of carbonyl (C=O) groups excluding carboxylic acids is 1. The summed E-state index contributed by atoms with van der Waals surface area (Å²) < 4.78 is 10.8. The first kappa shape index (κ1) is 21.3. The van der Waals surface area contributed by atoms with E-state index < -0.39 is 11.6 Å². The van der Waals surface area contributed by atoms with Crippen LogP contribution in [0.1, 0.15) is 23.7 Å². The lowest BCUT2D eigenvalue weighted by Crippen LogP contribution is -2.59. The Morgan fingerprint density at radius 1 is 1.06 bits per heavy atom. The third-order valence-electron chi connectivity index (χ3n) is 6.16. The molecule has 2 aliphatic rings. The van der Waals surface area contributed by atoms with Crippen LogP contribution < -0.4 is 19.8 Å². The van der Waals surface area contributed by atoms with Gasteiger partial charge in [-0.25, -0.2) is 5.01 Å². The zero-order valence-corrected chi connectivity index (χ0v) is 18.8. The molecule has 7 nitrogen and oxygen atoms in total. The van der Waals surface area contributed by atoms with Crippen molar-refractivity contribution in [2.75, 3.05) is 24.5 Å². The number of amides is 1. The Morgan fingerprint density at radius 3 is 2.39 bits per heavy atom. The second-order valence-electron chi connectivity index (χ2n) is 7.95. The van der Waals surface area contributed by atoms with Gasteiger partial charge in [0.25, 0.3) is 5.91 Å². The van der Waals surface area contributed by atoms with Crippen LogP contribution in [0, 0.1) is 0 Å². The third kappa shape index (κ3) is 3.32. The van der Waals surface area contributed by atoms with E-state index in [0.29, 0.717) is 39.2 Å². The minimum Gasteiger partial charge on any atom is -0.493 e. The Labute approximate surface area is 196 Å². The summed E-state index contributed by atoms with van der Waals surface area (Å²) in [4.78, 5) is 13.7. The van der Waals surface area contributed by atoms with Crippen molar-refractivity contribution in [3.8, 4) is 11.5 Å². The number of carbonyl (C=O) groups is 1. The van der Waals surface area contributed by atoms with Crippen molar-refractivity contribution in [2.45, 2.75) is 18.1 Å². The summed E-state index contributed by atoms with van der Waals surface area (Å²) in [6.07, 6.45) is -0.984. The summed E-state index contributed by atoms with van der Waals surface area (Å²) >= 11 is 6.10. The summed E-state index contributed by atoms with van der Waals surface area (Å²) in [6, 6.07) is 20.0. The molecule has 2 heterocycles. The summed E-state index contributed by atoms with van der Waals surface area (Å²) in [5, 5.41) is 21.7. The highest BCUT2D eigenvalue weighted by Crippen LogP contribution is 2.50. The van der Waals surface area contributed by atoms with Crippen LogP contribution in [-0.2, 0) is 4.79 Å². The monoisotopic (exact) mass is 463 g/mol. The second kappa shape index (κ2) is 8.10. The number of anilines is 2. The molecule has 3 aromatic rings. The highest BCUT2D eigenvalue weighted by atomic mass is 35.5. The Bertz CT molecular complexity index is 1250. The van der Waals surface area contributed by atoms with Crippen LogP contribution in [0.2, 0.25) is 5.02 Å². The number of hydrogen-bond donors (Lipinski definition) is 2. The van der Waals surface area contributed by atoms with E-state index in [1.807, 2.05) is 30.3 Å². The summed E-state index contributed by atoms with van der Waals surface area (Å²) in [5.74, 6) is 0.558. The first-order valence-electron chi connectivity index (χ1n) is 10.4. The van der Waals surface area contributed by atoms with Crippen molar-refractivity contribution in [1.82, 2.24) is 0 Å². The molecule has 0 fully saturated rings. The number of nitrogens with one attached hydrogen (secondary N) is 1. The predicted octanol–water partition coefficient (Wildman–Crippen LogP) is 4.40. The number of halogens is 1. The Kier molecular flexibility index (Phi) is 5.23. The van der Waals surface area contributed by atoms with Crippen LogP contribution in [0.3, 0.4) is 0 Å². The van der Waals surface area contributed by atoms with Gasteiger partial charge < -0.3 is 19.9 Å². The zero-order valence-electron chi connectivity index (χ0n) is 18.1. The predicted molar refractivity (Wildman–Crippen MR) is 127 cm³/mol. The first-order chi connectivity index (χ1) is 16.0. The average molecular weight is 464 g/mol. The minimum absolute atomic E-state index is 0.209. The van der Waals surface area contributed by atoms with Gasteiger partial charge in [-0.15, -0.1) is 0 Å². The number of aliphatic hydroxyl groups is 1. The van der Waals surface area contributed by atoms with Crippen LogP contribution in [0.5, 0.6) is 11.5 Å². The molecular weight excluding hydrogens is 442 g/mol. The van der Waals surface area contributed by atoms with E-state index in [9.17, 15) is 9.90 Å². The normalized spacial score (nSPS) is 21.5. The Balaban J connectivity index is 1.67. The molecule has 2 aliphatic heterocycles. The molecule has 0 radical (unpaired) electrons. The fourth-order valence-electron chi connectivity index (χ4n) is 4.47. The molecule has 5 rings (SSSR count). The van der Waals surface area contributed by atoms with Gasteiger partial charge in [-0.05, 0) is 35.9 Å². The van der Waals surface area contributed by atoms with E-state index in [-0.39, 0.29) is 12.3 Å². The maximum atomic E-state index is 13.7. The van der Waals surface area contributed by atoms with Gasteiger partial charge in [-0.2, -0.15) is 5.10 Å². The van der Waals surface area contributed by atoms with E-state index in [0.717, 1.165) is 5.56 Å². The quantitative estimate of drug-likeness (QED) is 0.599. The lowest BCUT2D eigenvalue weighted by atomic mass is 9.78. The molecule has 168 valence electrons. The van der Waals surface area contributed by atoms with Gasteiger partial charge in [-0.1, -0.05) is 41.9 Å². The van der Waals surface area contributed by atoms with E-state index in [1.54, 1.807) is 41.4 Å². The van der Waals surface area contributed by atoms with Gasteiger partial charge in [0.1, 0.15) is 6.10 Å². The number of hydrazone groups is 1. The number of nitrogens with zero attached hydrogens (tertiary/aromatic N) is 2. The fraction of sp³-hybridized carbons (Fsp3) is 0.200. The summed E-state index contributed by atoms with van der Waals surface area (Å²) in [6.45, 7) is 0. The number of aliphatic hydroxyl groups excluding tert-OH is 1. The molecule has 0 saturated heterocycles. The van der Waals surface area contributed by atoms with E-state index in [1.165, 1.54) is 14.2 Å². The van der Waals surface area contributed by atoms with E-state index >= 15 is 0 Å². The van der Waals surface area contributed by atoms with Crippen molar-refractivity contribution >= 4 is 34.6 Å². The van der Waals surface area contributed by atoms with Crippen LogP contribution >= 0.6 is 11.6 Å². The SMILES string of the molecule is COc1cc2c(cc1OC)[C@@H](O)[C@]1(CC(c3ccccc3)=NN1c1ccc(Cl)cc1)C(=O)N2.